The lowest BCUT2D eigenvalue weighted by molar-refractivity contribution is 0.370. The maximum absolute atomic E-state index is 10.2. The van der Waals surface area contributed by atoms with Crippen molar-refractivity contribution < 1.29 is 9.84 Å². The number of hydrogen-bond acceptors (Lipinski definition) is 5. The van der Waals surface area contributed by atoms with E-state index in [1.54, 1.807) is 24.5 Å². The van der Waals surface area contributed by atoms with Crippen molar-refractivity contribution in [2.45, 2.75) is 39.7 Å². The van der Waals surface area contributed by atoms with Crippen LogP contribution in [0.25, 0.3) is 0 Å². The second-order valence-electron chi connectivity index (χ2n) is 6.16. The molecule has 0 atom stereocenters. The average Bonchev–Trinajstić information content (AvgIpc) is 3.10. The second-order valence-corrected chi connectivity index (χ2v) is 7.10. The maximum Gasteiger partial charge on any atom is 0.191 e. The van der Waals surface area contributed by atoms with Crippen molar-refractivity contribution in [3.63, 3.8) is 0 Å². The Morgan fingerprint density at radius 3 is 2.81 bits per heavy atom. The number of phenolic OH excluding ortho intramolecular Hbond substituents is 1. The van der Waals surface area contributed by atoms with Gasteiger partial charge in [-0.15, -0.1) is 11.3 Å². The zero-order chi connectivity index (χ0) is 18.9. The van der Waals surface area contributed by atoms with Crippen molar-refractivity contribution in [3.8, 4) is 11.5 Å². The number of nitrogens with one attached hydrogen (secondary N) is 2. The topological polar surface area (TPSA) is 78.8 Å². The molecule has 0 spiro atoms. The minimum Gasteiger partial charge on any atom is -0.504 e. The van der Waals surface area contributed by atoms with Gasteiger partial charge in [-0.3, -0.25) is 0 Å². The summed E-state index contributed by atoms with van der Waals surface area (Å²) in [4.78, 5) is 9.21. The summed E-state index contributed by atoms with van der Waals surface area (Å²) in [7, 11) is 1.55. The highest BCUT2D eigenvalue weighted by Crippen LogP contribution is 2.29. The van der Waals surface area contributed by atoms with Crippen LogP contribution in [0.15, 0.2) is 28.6 Å². The van der Waals surface area contributed by atoms with E-state index in [0.717, 1.165) is 28.8 Å². The number of para-hydroxylation sites is 1. The Kier molecular flexibility index (Phi) is 7.72. The molecule has 0 saturated carbocycles. The molecule has 2 rings (SSSR count). The molecular weight excluding hydrogens is 348 g/mol. The summed E-state index contributed by atoms with van der Waals surface area (Å²) < 4.78 is 5.15. The van der Waals surface area contributed by atoms with Crippen LogP contribution in [0, 0.1) is 0 Å². The SMILES string of the molecule is CCNC(=NCc1nc(C(C)C)cs1)NCCc1cccc(OC)c1O. The van der Waals surface area contributed by atoms with Crippen molar-refractivity contribution in [1.82, 2.24) is 15.6 Å². The van der Waals surface area contributed by atoms with Crippen molar-refractivity contribution >= 4 is 17.3 Å². The fourth-order valence-electron chi connectivity index (χ4n) is 2.40. The molecule has 0 aliphatic heterocycles. The van der Waals surface area contributed by atoms with Crippen LogP contribution in [0.2, 0.25) is 0 Å². The summed E-state index contributed by atoms with van der Waals surface area (Å²) in [6, 6.07) is 5.52. The molecule has 1 aromatic heterocycles. The summed E-state index contributed by atoms with van der Waals surface area (Å²) in [5.41, 5.74) is 1.96. The van der Waals surface area contributed by atoms with E-state index < -0.39 is 0 Å². The highest BCUT2D eigenvalue weighted by molar-refractivity contribution is 7.09. The molecular formula is C19H28N4O2S. The zero-order valence-electron chi connectivity index (χ0n) is 15.9. The van der Waals surface area contributed by atoms with Gasteiger partial charge in [-0.1, -0.05) is 26.0 Å². The minimum absolute atomic E-state index is 0.197. The first kappa shape index (κ1) is 20.0. The van der Waals surface area contributed by atoms with Crippen molar-refractivity contribution in [1.29, 1.82) is 0 Å². The van der Waals surface area contributed by atoms with Gasteiger partial charge in [-0.2, -0.15) is 0 Å². The van der Waals surface area contributed by atoms with Crippen LogP contribution in [0.3, 0.4) is 0 Å². The first-order valence-corrected chi connectivity index (χ1v) is 9.74. The van der Waals surface area contributed by atoms with Crippen LogP contribution in [0.4, 0.5) is 0 Å². The van der Waals surface area contributed by atoms with Crippen LogP contribution in [-0.4, -0.2) is 36.2 Å². The lowest BCUT2D eigenvalue weighted by Crippen LogP contribution is -2.38. The Labute approximate surface area is 159 Å². The molecule has 2 aromatic rings. The van der Waals surface area contributed by atoms with E-state index in [1.165, 1.54) is 0 Å². The van der Waals surface area contributed by atoms with Gasteiger partial charge in [0.15, 0.2) is 17.5 Å². The Hall–Kier alpha value is -2.28. The largest absolute Gasteiger partial charge is 0.504 e. The first-order chi connectivity index (χ1) is 12.5. The van der Waals surface area contributed by atoms with Gasteiger partial charge in [0, 0.05) is 18.5 Å². The Balaban J connectivity index is 1.93. The van der Waals surface area contributed by atoms with Gasteiger partial charge in [0.25, 0.3) is 0 Å². The molecule has 6 nitrogen and oxygen atoms in total. The highest BCUT2D eigenvalue weighted by atomic mass is 32.1. The van der Waals surface area contributed by atoms with E-state index in [0.29, 0.717) is 31.2 Å². The number of nitrogens with zero attached hydrogens (tertiary/aromatic N) is 2. The quantitative estimate of drug-likeness (QED) is 0.487. The molecule has 142 valence electrons. The van der Waals surface area contributed by atoms with Crippen molar-refractivity contribution in [3.05, 3.63) is 39.8 Å². The number of benzene rings is 1. The Morgan fingerprint density at radius 2 is 2.15 bits per heavy atom. The molecule has 1 heterocycles. The molecule has 0 fully saturated rings. The molecule has 1 aromatic carbocycles. The predicted octanol–water partition coefficient (Wildman–Crippen LogP) is 3.28. The zero-order valence-corrected chi connectivity index (χ0v) is 16.7. The van der Waals surface area contributed by atoms with E-state index >= 15 is 0 Å². The predicted molar refractivity (Wildman–Crippen MR) is 107 cm³/mol. The average molecular weight is 377 g/mol. The molecule has 0 aliphatic rings. The minimum atomic E-state index is 0.197. The van der Waals surface area contributed by atoms with Gasteiger partial charge < -0.3 is 20.5 Å². The second kappa shape index (κ2) is 10.0. The van der Waals surface area contributed by atoms with Crippen LogP contribution in [0.1, 0.15) is 43.0 Å². The van der Waals surface area contributed by atoms with Gasteiger partial charge in [0.1, 0.15) is 5.01 Å². The van der Waals surface area contributed by atoms with Crippen molar-refractivity contribution in [2.24, 2.45) is 4.99 Å². The van der Waals surface area contributed by atoms with Crippen molar-refractivity contribution in [2.75, 3.05) is 20.2 Å². The summed E-state index contributed by atoms with van der Waals surface area (Å²) in [6.07, 6.45) is 0.669. The Bertz CT molecular complexity index is 728. The van der Waals surface area contributed by atoms with Gasteiger partial charge in [0.2, 0.25) is 0 Å². The van der Waals surface area contributed by atoms with E-state index in [2.05, 4.69) is 39.8 Å². The maximum atomic E-state index is 10.2. The molecule has 26 heavy (non-hydrogen) atoms. The summed E-state index contributed by atoms with van der Waals surface area (Å²) in [6.45, 7) is 8.30. The fraction of sp³-hybridized carbons (Fsp3) is 0.474. The smallest absolute Gasteiger partial charge is 0.191 e. The van der Waals surface area contributed by atoms with Crippen LogP contribution >= 0.6 is 11.3 Å². The number of rotatable bonds is 8. The Morgan fingerprint density at radius 1 is 1.35 bits per heavy atom. The number of hydrogen-bond donors (Lipinski definition) is 3. The summed E-state index contributed by atoms with van der Waals surface area (Å²) in [5.74, 6) is 1.87. The molecule has 0 saturated heterocycles. The van der Waals surface area contributed by atoms with Gasteiger partial charge in [-0.25, -0.2) is 9.98 Å². The van der Waals surface area contributed by atoms with E-state index in [9.17, 15) is 5.11 Å². The lowest BCUT2D eigenvalue weighted by Gasteiger charge is -2.12. The standard InChI is InChI=1S/C19H28N4O2S/c1-5-20-19(22-11-17-23-15(12-26-17)13(2)3)21-10-9-14-7-6-8-16(25-4)18(14)24/h6-8,12-13,24H,5,9-11H2,1-4H3,(H2,20,21,22). The number of methoxy groups -OCH3 is 1. The third kappa shape index (κ3) is 5.62. The third-order valence-corrected chi connectivity index (χ3v) is 4.72. The van der Waals surface area contributed by atoms with Gasteiger partial charge >= 0.3 is 0 Å². The summed E-state index contributed by atoms with van der Waals surface area (Å²) >= 11 is 1.64. The molecule has 0 radical (unpaired) electrons. The fourth-order valence-corrected chi connectivity index (χ4v) is 3.28. The number of guanidine groups is 1. The monoisotopic (exact) mass is 376 g/mol. The number of aromatic hydroxyl groups is 1. The normalized spacial score (nSPS) is 11.7. The number of thiazole rings is 1. The molecule has 3 N–H and O–H groups in total. The molecule has 0 amide bonds. The number of ether oxygens (including phenoxy) is 1. The van der Waals surface area contributed by atoms with E-state index in [1.807, 2.05) is 19.1 Å². The molecule has 0 aliphatic carbocycles. The van der Waals surface area contributed by atoms with Gasteiger partial charge in [0.05, 0.1) is 19.3 Å². The van der Waals surface area contributed by atoms with Crippen LogP contribution < -0.4 is 15.4 Å². The first-order valence-electron chi connectivity index (χ1n) is 8.86. The molecule has 0 unspecified atom stereocenters. The van der Waals surface area contributed by atoms with Crippen LogP contribution in [0.5, 0.6) is 11.5 Å². The number of phenols is 1. The molecule has 0 bridgehead atoms. The molecule has 7 heteroatoms. The lowest BCUT2D eigenvalue weighted by atomic mass is 10.1. The number of aliphatic imine (C=N–C) groups is 1. The van der Waals surface area contributed by atoms with Gasteiger partial charge in [-0.05, 0) is 30.9 Å². The van der Waals surface area contributed by atoms with Crippen LogP contribution in [-0.2, 0) is 13.0 Å². The number of aromatic nitrogens is 1. The third-order valence-electron chi connectivity index (χ3n) is 3.87. The highest BCUT2D eigenvalue weighted by Gasteiger charge is 2.08. The van der Waals surface area contributed by atoms with E-state index in [4.69, 9.17) is 4.74 Å². The van der Waals surface area contributed by atoms with E-state index in [-0.39, 0.29) is 5.75 Å². The summed E-state index contributed by atoms with van der Waals surface area (Å²) in [5, 5.41) is 19.8.